The number of imidazole rings is 1. The molecule has 2 N–H and O–H groups in total. The number of aryl methyl sites for hydroxylation is 3. The maximum absolute atomic E-state index is 13.9. The molecule has 8 heteroatoms. The van der Waals surface area contributed by atoms with Gasteiger partial charge in [0.05, 0.1) is 34.1 Å². The summed E-state index contributed by atoms with van der Waals surface area (Å²) in [5.74, 6) is 0.578. The Balaban J connectivity index is 1.67. The summed E-state index contributed by atoms with van der Waals surface area (Å²) in [5.41, 5.74) is 4.13. The second-order valence-corrected chi connectivity index (χ2v) is 10.4. The van der Waals surface area contributed by atoms with Crippen molar-refractivity contribution in [2.45, 2.75) is 45.2 Å². The number of aromatic amines is 1. The number of benzene rings is 3. The molecule has 1 aromatic heterocycles. The molecule has 0 radical (unpaired) electrons. The molecular weight excluding hydrogens is 472 g/mol. The molecule has 0 spiro atoms. The second-order valence-electron chi connectivity index (χ2n) is 8.71. The number of amides is 1. The third-order valence-electron chi connectivity index (χ3n) is 5.95. The Morgan fingerprint density at radius 2 is 1.58 bits per heavy atom. The standard InChI is InChI=1S/C28H30N4O3S/c1-4-27-29-21(3)26(30-27)19-32(18-22-10-6-5-7-11-22)28(33)24-12-8-9-13-25(24)31-36(34,35)23-16-14-20(2)15-17-23/h5-17,31H,4,18-19H2,1-3H3,(H,29,30). The minimum atomic E-state index is -3.87. The number of hydrogen-bond donors (Lipinski definition) is 2. The Kier molecular flexibility index (Phi) is 7.55. The van der Waals surface area contributed by atoms with Gasteiger partial charge in [-0.15, -0.1) is 0 Å². The number of nitrogens with zero attached hydrogens (tertiary/aromatic N) is 2. The van der Waals surface area contributed by atoms with Crippen molar-refractivity contribution in [3.8, 4) is 0 Å². The van der Waals surface area contributed by atoms with E-state index in [-0.39, 0.29) is 22.1 Å². The van der Waals surface area contributed by atoms with Crippen LogP contribution in [0.5, 0.6) is 0 Å². The van der Waals surface area contributed by atoms with E-state index in [4.69, 9.17) is 0 Å². The SMILES string of the molecule is CCc1nc(C)c(CN(Cc2ccccc2)C(=O)c2ccccc2NS(=O)(=O)c2ccc(C)cc2)[nH]1. The zero-order valence-corrected chi connectivity index (χ0v) is 21.5. The lowest BCUT2D eigenvalue weighted by Crippen LogP contribution is -2.31. The molecule has 0 fully saturated rings. The van der Waals surface area contributed by atoms with Gasteiger partial charge in [0.25, 0.3) is 15.9 Å². The number of carbonyl (C=O) groups excluding carboxylic acids is 1. The normalized spacial score (nSPS) is 11.3. The van der Waals surface area contributed by atoms with Gasteiger partial charge in [-0.1, -0.05) is 67.1 Å². The summed E-state index contributed by atoms with van der Waals surface area (Å²) in [6, 6.07) is 23.0. The summed E-state index contributed by atoms with van der Waals surface area (Å²) in [6.07, 6.45) is 0.761. The number of rotatable bonds is 9. The minimum absolute atomic E-state index is 0.136. The molecule has 1 heterocycles. The van der Waals surface area contributed by atoms with Crippen LogP contribution in [0.1, 0.15) is 45.6 Å². The highest BCUT2D eigenvalue weighted by molar-refractivity contribution is 7.92. The zero-order valence-electron chi connectivity index (χ0n) is 20.7. The average molecular weight is 503 g/mol. The van der Waals surface area contributed by atoms with Gasteiger partial charge in [0.1, 0.15) is 5.82 Å². The number of nitrogens with one attached hydrogen (secondary N) is 2. The molecule has 3 aromatic carbocycles. The van der Waals surface area contributed by atoms with E-state index >= 15 is 0 Å². The van der Waals surface area contributed by atoms with Crippen LogP contribution < -0.4 is 4.72 Å². The average Bonchev–Trinajstić information content (AvgIpc) is 3.23. The van der Waals surface area contributed by atoms with Crippen molar-refractivity contribution in [3.63, 3.8) is 0 Å². The quantitative estimate of drug-likeness (QED) is 0.328. The fourth-order valence-corrected chi connectivity index (χ4v) is 5.01. The first-order chi connectivity index (χ1) is 17.3. The Bertz CT molecular complexity index is 1450. The number of sulfonamides is 1. The van der Waals surface area contributed by atoms with E-state index in [1.165, 1.54) is 0 Å². The van der Waals surface area contributed by atoms with Crippen molar-refractivity contribution >= 4 is 21.6 Å². The Morgan fingerprint density at radius 3 is 2.25 bits per heavy atom. The van der Waals surface area contributed by atoms with Crippen molar-refractivity contribution < 1.29 is 13.2 Å². The minimum Gasteiger partial charge on any atom is -0.344 e. The fraction of sp³-hybridized carbons (Fsp3) is 0.214. The topological polar surface area (TPSA) is 95.2 Å². The maximum atomic E-state index is 13.9. The molecule has 0 atom stereocenters. The summed E-state index contributed by atoms with van der Waals surface area (Å²) in [6.45, 7) is 6.50. The molecule has 7 nitrogen and oxygen atoms in total. The van der Waals surface area contributed by atoms with Crippen LogP contribution in [-0.4, -0.2) is 29.2 Å². The number of H-pyrrole nitrogens is 1. The molecule has 4 aromatic rings. The van der Waals surface area contributed by atoms with Crippen molar-refractivity contribution in [1.82, 2.24) is 14.9 Å². The van der Waals surface area contributed by atoms with Crippen molar-refractivity contribution in [3.05, 3.63) is 113 Å². The van der Waals surface area contributed by atoms with Gasteiger partial charge in [-0.2, -0.15) is 0 Å². The molecule has 186 valence electrons. The van der Waals surface area contributed by atoms with Crippen LogP contribution in [-0.2, 0) is 29.5 Å². The van der Waals surface area contributed by atoms with Crippen LogP contribution in [0.15, 0.2) is 83.8 Å². The number of hydrogen-bond acceptors (Lipinski definition) is 4. The van der Waals surface area contributed by atoms with Gasteiger partial charge >= 0.3 is 0 Å². The molecule has 0 saturated carbocycles. The first-order valence-electron chi connectivity index (χ1n) is 11.8. The molecule has 4 rings (SSSR count). The van der Waals surface area contributed by atoms with Crippen LogP contribution in [0.3, 0.4) is 0 Å². The zero-order chi connectivity index (χ0) is 25.7. The highest BCUT2D eigenvalue weighted by atomic mass is 32.2. The van der Waals surface area contributed by atoms with Gasteiger partial charge in [-0.3, -0.25) is 9.52 Å². The number of anilines is 1. The van der Waals surface area contributed by atoms with Gasteiger partial charge in [0.2, 0.25) is 0 Å². The van der Waals surface area contributed by atoms with Crippen molar-refractivity contribution in [1.29, 1.82) is 0 Å². The van der Waals surface area contributed by atoms with Crippen LogP contribution in [0.2, 0.25) is 0 Å². The lowest BCUT2D eigenvalue weighted by molar-refractivity contribution is 0.0729. The van der Waals surface area contributed by atoms with Crippen LogP contribution >= 0.6 is 0 Å². The summed E-state index contributed by atoms with van der Waals surface area (Å²) >= 11 is 0. The largest absolute Gasteiger partial charge is 0.344 e. The highest BCUT2D eigenvalue weighted by Gasteiger charge is 2.24. The molecule has 1 amide bonds. The van der Waals surface area contributed by atoms with Gasteiger partial charge in [-0.05, 0) is 43.7 Å². The van der Waals surface area contributed by atoms with Gasteiger partial charge in [-0.25, -0.2) is 13.4 Å². The third kappa shape index (κ3) is 5.83. The Hall–Kier alpha value is -3.91. The van der Waals surface area contributed by atoms with Gasteiger partial charge in [0.15, 0.2) is 0 Å². The predicted molar refractivity (Wildman–Crippen MR) is 141 cm³/mol. The molecule has 0 unspecified atom stereocenters. The van der Waals surface area contributed by atoms with Crippen molar-refractivity contribution in [2.75, 3.05) is 4.72 Å². The molecule has 0 bridgehead atoms. The highest BCUT2D eigenvalue weighted by Crippen LogP contribution is 2.24. The first kappa shape index (κ1) is 25.2. The van der Waals surface area contributed by atoms with Gasteiger partial charge < -0.3 is 9.88 Å². The van der Waals surface area contributed by atoms with E-state index in [1.807, 2.05) is 51.1 Å². The summed E-state index contributed by atoms with van der Waals surface area (Å²) in [4.78, 5) is 23.6. The van der Waals surface area contributed by atoms with E-state index in [0.717, 1.165) is 34.8 Å². The predicted octanol–water partition coefficient (Wildman–Crippen LogP) is 5.23. The molecule has 0 aliphatic heterocycles. The van der Waals surface area contributed by atoms with E-state index in [2.05, 4.69) is 14.7 Å². The molecule has 36 heavy (non-hydrogen) atoms. The monoisotopic (exact) mass is 502 g/mol. The maximum Gasteiger partial charge on any atom is 0.261 e. The summed E-state index contributed by atoms with van der Waals surface area (Å²) < 4.78 is 28.8. The van der Waals surface area contributed by atoms with E-state index in [1.54, 1.807) is 53.4 Å². The molecule has 0 saturated heterocycles. The van der Waals surface area contributed by atoms with E-state index < -0.39 is 10.0 Å². The fourth-order valence-electron chi connectivity index (χ4n) is 3.93. The number of carbonyl (C=O) groups is 1. The van der Waals surface area contributed by atoms with E-state index in [9.17, 15) is 13.2 Å². The second kappa shape index (κ2) is 10.8. The Morgan fingerprint density at radius 1 is 0.917 bits per heavy atom. The molecular formula is C28H30N4O3S. The molecule has 0 aliphatic carbocycles. The smallest absolute Gasteiger partial charge is 0.261 e. The lowest BCUT2D eigenvalue weighted by Gasteiger charge is -2.24. The molecule has 0 aliphatic rings. The van der Waals surface area contributed by atoms with Crippen LogP contribution in [0, 0.1) is 13.8 Å². The number of para-hydroxylation sites is 1. The Labute approximate surface area is 212 Å². The third-order valence-corrected chi connectivity index (χ3v) is 7.34. The first-order valence-corrected chi connectivity index (χ1v) is 13.3. The van der Waals surface area contributed by atoms with Gasteiger partial charge in [0, 0.05) is 13.0 Å². The number of aromatic nitrogens is 2. The summed E-state index contributed by atoms with van der Waals surface area (Å²) in [7, 11) is -3.87. The van der Waals surface area contributed by atoms with Crippen molar-refractivity contribution in [2.24, 2.45) is 0 Å². The van der Waals surface area contributed by atoms with Crippen LogP contribution in [0.25, 0.3) is 0 Å². The summed E-state index contributed by atoms with van der Waals surface area (Å²) in [5, 5.41) is 0. The van der Waals surface area contributed by atoms with E-state index in [0.29, 0.717) is 13.1 Å². The lowest BCUT2D eigenvalue weighted by atomic mass is 10.1. The van der Waals surface area contributed by atoms with Crippen LogP contribution in [0.4, 0.5) is 5.69 Å².